The van der Waals surface area contributed by atoms with Crippen LogP contribution < -0.4 is 20.3 Å². The number of carbonyl (C=O) groups is 3. The molecule has 10 nitrogen and oxygen atoms in total. The summed E-state index contributed by atoms with van der Waals surface area (Å²) >= 11 is 0. The summed E-state index contributed by atoms with van der Waals surface area (Å²) in [5.41, 5.74) is 7.67. The van der Waals surface area contributed by atoms with Gasteiger partial charge in [-0.1, -0.05) is 30.3 Å². The minimum Gasteiger partial charge on any atom is -0.481 e. The molecule has 0 saturated heterocycles. The number of esters is 2. The largest absolute Gasteiger partial charge is 0.481 e. The number of ether oxygens (including phenoxy) is 3. The summed E-state index contributed by atoms with van der Waals surface area (Å²) in [6.07, 6.45) is 0. The van der Waals surface area contributed by atoms with Gasteiger partial charge in [-0.3, -0.25) is 9.69 Å². The van der Waals surface area contributed by atoms with Crippen LogP contribution in [0.3, 0.4) is 0 Å². The van der Waals surface area contributed by atoms with Gasteiger partial charge in [0, 0.05) is 13.1 Å². The van der Waals surface area contributed by atoms with Gasteiger partial charge in [0.25, 0.3) is 5.91 Å². The third kappa shape index (κ3) is 3.83. The van der Waals surface area contributed by atoms with Gasteiger partial charge < -0.3 is 24.8 Å². The van der Waals surface area contributed by atoms with Crippen molar-refractivity contribution in [1.29, 1.82) is 5.26 Å². The predicted molar refractivity (Wildman–Crippen MR) is 125 cm³/mol. The Kier molecular flexibility index (Phi) is 6.16. The second-order valence-electron chi connectivity index (χ2n) is 7.73. The molecule has 2 heterocycles. The molecular formula is C25H22N4O6. The highest BCUT2D eigenvalue weighted by Gasteiger charge is 2.43. The third-order valence-electron chi connectivity index (χ3n) is 5.90. The number of hydrogen-bond donors (Lipinski definition) is 1. The van der Waals surface area contributed by atoms with Crippen molar-refractivity contribution in [3.8, 4) is 11.8 Å². The Hall–Kier alpha value is -4.78. The van der Waals surface area contributed by atoms with Crippen molar-refractivity contribution in [3.63, 3.8) is 0 Å². The zero-order valence-electron chi connectivity index (χ0n) is 19.3. The van der Waals surface area contributed by atoms with Gasteiger partial charge in [-0.25, -0.2) is 9.59 Å². The van der Waals surface area contributed by atoms with E-state index in [-0.39, 0.29) is 35.2 Å². The normalized spacial score (nSPS) is 17.4. The number of fused-ring (bicyclic) bond motifs is 1. The second-order valence-corrected chi connectivity index (χ2v) is 7.73. The van der Waals surface area contributed by atoms with E-state index >= 15 is 0 Å². The van der Waals surface area contributed by atoms with E-state index < -0.39 is 17.9 Å². The molecule has 1 unspecified atom stereocenters. The number of anilines is 2. The molecule has 35 heavy (non-hydrogen) atoms. The van der Waals surface area contributed by atoms with Gasteiger partial charge in [0.1, 0.15) is 17.3 Å². The number of methoxy groups -OCH3 is 2. The first-order chi connectivity index (χ1) is 16.8. The molecule has 1 amide bonds. The monoisotopic (exact) mass is 474 g/mol. The molecule has 2 aliphatic heterocycles. The molecule has 0 fully saturated rings. The molecule has 0 radical (unpaired) electrons. The maximum atomic E-state index is 13.1. The quantitative estimate of drug-likeness (QED) is 0.660. The van der Waals surface area contributed by atoms with Gasteiger partial charge >= 0.3 is 11.9 Å². The second kappa shape index (κ2) is 9.23. The number of nitrogens with two attached hydrogens (primary N) is 1. The predicted octanol–water partition coefficient (Wildman–Crippen LogP) is 1.94. The lowest BCUT2D eigenvalue weighted by Crippen LogP contribution is -2.41. The Morgan fingerprint density at radius 1 is 1.11 bits per heavy atom. The summed E-state index contributed by atoms with van der Waals surface area (Å²) in [7, 11) is 3.98. The van der Waals surface area contributed by atoms with Gasteiger partial charge in [0.15, 0.2) is 6.61 Å². The SMILES string of the molecule is COC(=O)C1=C(C(=O)OC)N(c2ccc3c(c2)OCC(=O)N3C)C(N)=C(C#N)C1c1ccccc1. The lowest BCUT2D eigenvalue weighted by Gasteiger charge is -2.36. The highest BCUT2D eigenvalue weighted by atomic mass is 16.5. The van der Waals surface area contributed by atoms with Crippen molar-refractivity contribution < 1.29 is 28.6 Å². The molecule has 0 spiro atoms. The Morgan fingerprint density at radius 3 is 2.43 bits per heavy atom. The molecule has 178 valence electrons. The zero-order valence-corrected chi connectivity index (χ0v) is 19.3. The molecule has 0 bridgehead atoms. The first-order valence-electron chi connectivity index (χ1n) is 10.5. The van der Waals surface area contributed by atoms with E-state index in [2.05, 4.69) is 6.07 Å². The Morgan fingerprint density at radius 2 is 1.80 bits per heavy atom. The number of benzene rings is 2. The summed E-state index contributed by atoms with van der Waals surface area (Å²) in [6, 6.07) is 15.6. The van der Waals surface area contributed by atoms with Crippen molar-refractivity contribution in [2.75, 3.05) is 37.7 Å². The van der Waals surface area contributed by atoms with E-state index in [9.17, 15) is 19.6 Å². The average molecular weight is 474 g/mol. The standard InChI is InChI=1S/C25H22N4O6/c1-28-17-10-9-15(11-18(17)35-13-19(28)30)29-22(25(32)34-3)21(24(31)33-2)20(16(12-26)23(29)27)14-7-5-4-6-8-14/h4-11,20H,13,27H2,1-3H3. The summed E-state index contributed by atoms with van der Waals surface area (Å²) in [5, 5.41) is 10.1. The lowest BCUT2D eigenvalue weighted by atomic mass is 9.81. The number of amides is 1. The van der Waals surface area contributed by atoms with Crippen molar-refractivity contribution >= 4 is 29.2 Å². The Labute approximate surface area is 201 Å². The summed E-state index contributed by atoms with van der Waals surface area (Å²) in [5.74, 6) is -2.54. The van der Waals surface area contributed by atoms with Crippen molar-refractivity contribution in [3.05, 3.63) is 76.8 Å². The van der Waals surface area contributed by atoms with Gasteiger partial charge in [0.05, 0.1) is 48.7 Å². The number of hydrogen-bond acceptors (Lipinski definition) is 9. The number of carbonyl (C=O) groups excluding carboxylic acids is 3. The Bertz CT molecular complexity index is 1330. The van der Waals surface area contributed by atoms with Crippen molar-refractivity contribution in [1.82, 2.24) is 0 Å². The van der Waals surface area contributed by atoms with E-state index in [1.54, 1.807) is 55.6 Å². The zero-order chi connectivity index (χ0) is 25.3. The van der Waals surface area contributed by atoms with Crippen molar-refractivity contribution in [2.45, 2.75) is 5.92 Å². The van der Waals surface area contributed by atoms with E-state index in [4.69, 9.17) is 19.9 Å². The van der Waals surface area contributed by atoms with E-state index in [1.807, 2.05) is 0 Å². The average Bonchev–Trinajstić information content (AvgIpc) is 2.89. The fourth-order valence-corrected chi connectivity index (χ4v) is 4.19. The molecule has 2 aliphatic rings. The molecular weight excluding hydrogens is 452 g/mol. The first kappa shape index (κ1) is 23.4. The smallest absolute Gasteiger partial charge is 0.355 e. The van der Waals surface area contributed by atoms with Crippen molar-refractivity contribution in [2.24, 2.45) is 5.73 Å². The minimum absolute atomic E-state index is 0.0511. The van der Waals surface area contributed by atoms with Crippen LogP contribution in [0, 0.1) is 11.3 Å². The van der Waals surface area contributed by atoms with E-state index in [0.29, 0.717) is 22.7 Å². The Balaban J connectivity index is 2.01. The van der Waals surface area contributed by atoms with Gasteiger partial charge in [-0.15, -0.1) is 0 Å². The van der Waals surface area contributed by atoms with Crippen LogP contribution in [0.2, 0.25) is 0 Å². The number of nitriles is 1. The van der Waals surface area contributed by atoms with Crippen LogP contribution in [0.4, 0.5) is 11.4 Å². The van der Waals surface area contributed by atoms with E-state index in [0.717, 1.165) is 0 Å². The van der Waals surface area contributed by atoms with Crippen LogP contribution >= 0.6 is 0 Å². The highest BCUT2D eigenvalue weighted by molar-refractivity contribution is 6.06. The van der Waals surface area contributed by atoms with Crippen LogP contribution in [0.25, 0.3) is 0 Å². The van der Waals surface area contributed by atoms with Crippen LogP contribution in [-0.4, -0.2) is 45.7 Å². The van der Waals surface area contributed by atoms with Crippen LogP contribution in [0.15, 0.2) is 71.2 Å². The molecule has 10 heteroatoms. The van der Waals surface area contributed by atoms with Crippen LogP contribution in [0.5, 0.6) is 5.75 Å². The summed E-state index contributed by atoms with van der Waals surface area (Å²) in [6.45, 7) is -0.162. The molecule has 2 aromatic carbocycles. The summed E-state index contributed by atoms with van der Waals surface area (Å²) < 4.78 is 15.6. The molecule has 2 aromatic rings. The van der Waals surface area contributed by atoms with Gasteiger partial charge in [0.2, 0.25) is 0 Å². The summed E-state index contributed by atoms with van der Waals surface area (Å²) in [4.78, 5) is 40.9. The maximum Gasteiger partial charge on any atom is 0.355 e. The van der Waals surface area contributed by atoms with Crippen LogP contribution in [-0.2, 0) is 23.9 Å². The number of nitrogens with zero attached hydrogens (tertiary/aromatic N) is 3. The van der Waals surface area contributed by atoms with Gasteiger partial charge in [-0.05, 0) is 17.7 Å². The molecule has 1 atom stereocenters. The molecule has 0 aliphatic carbocycles. The number of allylic oxidation sites excluding steroid dienone is 1. The third-order valence-corrected chi connectivity index (χ3v) is 5.90. The molecule has 0 saturated carbocycles. The first-order valence-corrected chi connectivity index (χ1v) is 10.5. The van der Waals surface area contributed by atoms with Gasteiger partial charge in [-0.2, -0.15) is 5.26 Å². The maximum absolute atomic E-state index is 13.1. The fourth-order valence-electron chi connectivity index (χ4n) is 4.19. The minimum atomic E-state index is -0.961. The lowest BCUT2D eigenvalue weighted by molar-refractivity contribution is -0.139. The number of rotatable bonds is 4. The highest BCUT2D eigenvalue weighted by Crippen LogP contribution is 2.44. The number of likely N-dealkylation sites (N-methyl/N-ethyl adjacent to an activating group) is 1. The van der Waals surface area contributed by atoms with Crippen LogP contribution in [0.1, 0.15) is 11.5 Å². The molecule has 4 rings (SSSR count). The fraction of sp³-hybridized carbons (Fsp3) is 0.200. The van der Waals surface area contributed by atoms with E-state index in [1.165, 1.54) is 24.0 Å². The molecule has 2 N–H and O–H groups in total. The molecule has 0 aromatic heterocycles. The topological polar surface area (TPSA) is 135 Å².